The molecule has 2 heterocycles. The Kier molecular flexibility index (Phi) is 4.59. The molecule has 0 unspecified atom stereocenters. The molecule has 1 aromatic heterocycles. The lowest BCUT2D eigenvalue weighted by Crippen LogP contribution is -2.40. The van der Waals surface area contributed by atoms with Crippen LogP contribution < -0.4 is 5.32 Å². The van der Waals surface area contributed by atoms with Gasteiger partial charge in [0.25, 0.3) is 10.0 Å². The van der Waals surface area contributed by atoms with Crippen molar-refractivity contribution in [2.75, 3.05) is 26.7 Å². The first-order chi connectivity index (χ1) is 9.07. The molecule has 19 heavy (non-hydrogen) atoms. The van der Waals surface area contributed by atoms with Crippen molar-refractivity contribution in [2.45, 2.75) is 31.2 Å². The van der Waals surface area contributed by atoms with Crippen molar-refractivity contribution < 1.29 is 8.42 Å². The molecule has 0 saturated carbocycles. The number of hydrogen-bond donors (Lipinski definition) is 2. The summed E-state index contributed by atoms with van der Waals surface area (Å²) in [6.07, 6.45) is 3.96. The number of imidazole rings is 1. The average molecular weight is 286 g/mol. The zero-order chi connectivity index (χ0) is 13.9. The van der Waals surface area contributed by atoms with Gasteiger partial charge < -0.3 is 10.3 Å². The summed E-state index contributed by atoms with van der Waals surface area (Å²) < 4.78 is 26.4. The molecule has 2 N–H and O–H groups in total. The van der Waals surface area contributed by atoms with Crippen molar-refractivity contribution in [3.05, 3.63) is 12.0 Å². The Morgan fingerprint density at radius 2 is 2.16 bits per heavy atom. The van der Waals surface area contributed by atoms with E-state index in [2.05, 4.69) is 15.3 Å². The van der Waals surface area contributed by atoms with Gasteiger partial charge in [0.2, 0.25) is 0 Å². The second-order valence-electron chi connectivity index (χ2n) is 4.95. The number of H-pyrrole nitrogens is 1. The molecule has 1 fully saturated rings. The fourth-order valence-electron chi connectivity index (χ4n) is 2.44. The van der Waals surface area contributed by atoms with Crippen molar-refractivity contribution in [3.63, 3.8) is 0 Å². The Bertz CT molecular complexity index is 504. The minimum absolute atomic E-state index is 0.219. The number of aryl methyl sites for hydroxylation is 1. The minimum Gasteiger partial charge on any atom is -0.332 e. The van der Waals surface area contributed by atoms with Gasteiger partial charge in [-0.3, -0.25) is 0 Å². The fraction of sp³-hybridized carbons (Fsp3) is 0.750. The molecule has 0 radical (unpaired) electrons. The Morgan fingerprint density at radius 3 is 2.68 bits per heavy atom. The summed E-state index contributed by atoms with van der Waals surface area (Å²) in [5.41, 5.74) is 0. The monoisotopic (exact) mass is 286 g/mol. The van der Waals surface area contributed by atoms with E-state index in [1.807, 2.05) is 14.0 Å². The molecule has 6 nitrogen and oxygen atoms in total. The summed E-state index contributed by atoms with van der Waals surface area (Å²) in [5, 5.41) is 3.37. The first kappa shape index (κ1) is 14.5. The van der Waals surface area contributed by atoms with Gasteiger partial charge in [0, 0.05) is 19.5 Å². The average Bonchev–Trinajstić information content (AvgIpc) is 2.89. The summed E-state index contributed by atoms with van der Waals surface area (Å²) in [7, 11) is -1.46. The Hall–Kier alpha value is -0.920. The number of sulfonamides is 1. The van der Waals surface area contributed by atoms with Gasteiger partial charge >= 0.3 is 0 Å². The zero-order valence-corrected chi connectivity index (χ0v) is 12.3. The van der Waals surface area contributed by atoms with Gasteiger partial charge in [0.05, 0.1) is 6.20 Å². The molecule has 2 rings (SSSR count). The standard InChI is InChI=1S/C12H22N4O2S/c1-3-11-14-9-12(15-11)19(17,18)16-6-4-10(5-7-16)8-13-2/h9-10,13H,3-8H2,1-2H3,(H,14,15). The van der Waals surface area contributed by atoms with Crippen LogP contribution in [0.25, 0.3) is 0 Å². The van der Waals surface area contributed by atoms with Gasteiger partial charge in [-0.1, -0.05) is 6.92 Å². The van der Waals surface area contributed by atoms with Crippen LogP contribution in [0.1, 0.15) is 25.6 Å². The maximum atomic E-state index is 12.4. The number of rotatable bonds is 5. The van der Waals surface area contributed by atoms with Gasteiger partial charge in [-0.15, -0.1) is 0 Å². The molecule has 0 spiro atoms. The lowest BCUT2D eigenvalue weighted by atomic mass is 9.98. The maximum absolute atomic E-state index is 12.4. The van der Waals surface area contributed by atoms with Crippen LogP contribution >= 0.6 is 0 Å². The zero-order valence-electron chi connectivity index (χ0n) is 11.5. The van der Waals surface area contributed by atoms with Crippen molar-refractivity contribution in [3.8, 4) is 0 Å². The van der Waals surface area contributed by atoms with E-state index < -0.39 is 10.0 Å². The highest BCUT2D eigenvalue weighted by Gasteiger charge is 2.30. The van der Waals surface area contributed by atoms with E-state index >= 15 is 0 Å². The molecular formula is C12H22N4O2S. The van der Waals surface area contributed by atoms with Gasteiger partial charge in [-0.25, -0.2) is 13.4 Å². The highest BCUT2D eigenvalue weighted by Crippen LogP contribution is 2.22. The van der Waals surface area contributed by atoms with Gasteiger partial charge in [0.15, 0.2) is 5.03 Å². The van der Waals surface area contributed by atoms with Gasteiger partial charge in [0.1, 0.15) is 5.82 Å². The smallest absolute Gasteiger partial charge is 0.260 e. The predicted molar refractivity (Wildman–Crippen MR) is 73.4 cm³/mol. The molecular weight excluding hydrogens is 264 g/mol. The first-order valence-electron chi connectivity index (χ1n) is 6.76. The van der Waals surface area contributed by atoms with Crippen LogP contribution in [0.3, 0.4) is 0 Å². The summed E-state index contributed by atoms with van der Waals surface area (Å²) in [6, 6.07) is 0. The number of piperidine rings is 1. The minimum atomic E-state index is -3.39. The van der Waals surface area contributed by atoms with E-state index in [4.69, 9.17) is 0 Å². The van der Waals surface area contributed by atoms with Crippen LogP contribution in [0.4, 0.5) is 0 Å². The van der Waals surface area contributed by atoms with Crippen LogP contribution in [-0.2, 0) is 16.4 Å². The third-order valence-electron chi connectivity index (χ3n) is 3.62. The largest absolute Gasteiger partial charge is 0.332 e. The van der Waals surface area contributed by atoms with Crippen molar-refractivity contribution in [2.24, 2.45) is 5.92 Å². The van der Waals surface area contributed by atoms with Crippen LogP contribution in [0.2, 0.25) is 0 Å². The van der Waals surface area contributed by atoms with Crippen LogP contribution in [-0.4, -0.2) is 49.4 Å². The summed E-state index contributed by atoms with van der Waals surface area (Å²) in [6.45, 7) is 4.08. The van der Waals surface area contributed by atoms with Crippen LogP contribution in [0.15, 0.2) is 11.2 Å². The Labute approximate surface area is 114 Å². The lowest BCUT2D eigenvalue weighted by Gasteiger charge is -2.30. The molecule has 1 aliphatic heterocycles. The normalized spacial score (nSPS) is 18.8. The molecule has 0 atom stereocenters. The summed E-state index contributed by atoms with van der Waals surface area (Å²) in [4.78, 5) is 6.95. The van der Waals surface area contributed by atoms with Crippen molar-refractivity contribution >= 4 is 10.0 Å². The molecule has 1 aliphatic rings. The number of hydrogen-bond acceptors (Lipinski definition) is 4. The molecule has 1 saturated heterocycles. The number of aromatic nitrogens is 2. The highest BCUT2D eigenvalue weighted by molar-refractivity contribution is 7.89. The first-order valence-corrected chi connectivity index (χ1v) is 8.20. The number of nitrogens with one attached hydrogen (secondary N) is 2. The van der Waals surface area contributed by atoms with E-state index in [0.717, 1.165) is 19.4 Å². The van der Waals surface area contributed by atoms with E-state index in [9.17, 15) is 8.42 Å². The molecule has 7 heteroatoms. The topological polar surface area (TPSA) is 78.1 Å². The fourth-order valence-corrected chi connectivity index (χ4v) is 3.84. The van der Waals surface area contributed by atoms with Crippen molar-refractivity contribution in [1.82, 2.24) is 19.6 Å². The van der Waals surface area contributed by atoms with Gasteiger partial charge in [-0.05, 0) is 32.4 Å². The Balaban J connectivity index is 2.05. The second kappa shape index (κ2) is 6.02. The van der Waals surface area contributed by atoms with Crippen LogP contribution in [0, 0.1) is 5.92 Å². The van der Waals surface area contributed by atoms with E-state index in [1.54, 1.807) is 4.31 Å². The molecule has 0 aliphatic carbocycles. The summed E-state index contributed by atoms with van der Waals surface area (Å²) >= 11 is 0. The van der Waals surface area contributed by atoms with Crippen LogP contribution in [0.5, 0.6) is 0 Å². The number of aromatic amines is 1. The molecule has 108 valence electrons. The molecule has 1 aromatic rings. The lowest BCUT2D eigenvalue weighted by molar-refractivity contribution is 0.270. The maximum Gasteiger partial charge on any atom is 0.260 e. The van der Waals surface area contributed by atoms with E-state index in [0.29, 0.717) is 31.3 Å². The van der Waals surface area contributed by atoms with E-state index in [1.165, 1.54) is 6.20 Å². The second-order valence-corrected chi connectivity index (χ2v) is 6.86. The molecule has 0 amide bonds. The predicted octanol–water partition coefficient (Wildman–Crippen LogP) is 0.592. The Morgan fingerprint density at radius 1 is 1.47 bits per heavy atom. The quantitative estimate of drug-likeness (QED) is 0.830. The third kappa shape index (κ3) is 3.16. The summed E-state index contributed by atoms with van der Waals surface area (Å²) in [5.74, 6) is 1.29. The molecule has 0 aromatic carbocycles. The van der Waals surface area contributed by atoms with Crippen molar-refractivity contribution in [1.29, 1.82) is 0 Å². The number of nitrogens with zero attached hydrogens (tertiary/aromatic N) is 2. The third-order valence-corrected chi connectivity index (χ3v) is 5.43. The highest BCUT2D eigenvalue weighted by atomic mass is 32.2. The SMILES string of the molecule is CCc1ncc(S(=O)(=O)N2CCC(CNC)CC2)[nH]1. The molecule has 0 bridgehead atoms. The van der Waals surface area contributed by atoms with E-state index in [-0.39, 0.29) is 5.03 Å². The van der Waals surface area contributed by atoms with Gasteiger partial charge in [-0.2, -0.15) is 4.31 Å².